The van der Waals surface area contributed by atoms with Crippen molar-refractivity contribution in [1.29, 1.82) is 0 Å². The largest absolute Gasteiger partial charge is 0.459 e. The number of cyclic esters (lactones) is 1. The average molecular weight is 906 g/mol. The predicted molar refractivity (Wildman–Crippen MR) is 237 cm³/mol. The van der Waals surface area contributed by atoms with Crippen LogP contribution < -0.4 is 10.6 Å². The van der Waals surface area contributed by atoms with E-state index in [0.29, 0.717) is 19.4 Å². The van der Waals surface area contributed by atoms with Crippen LogP contribution in [-0.2, 0) is 52.3 Å². The van der Waals surface area contributed by atoms with Crippen LogP contribution in [-0.4, -0.2) is 170 Å². The number of nitrogens with one attached hydrogen (secondary N) is 2. The third-order valence-corrected chi connectivity index (χ3v) is 14.1. The number of hydrogen-bond acceptors (Lipinski definition) is 16. The number of likely N-dealkylation sites (N-methyl/N-ethyl adjacent to an activating group) is 1. The highest BCUT2D eigenvalue weighted by molar-refractivity contribution is 7.99. The van der Waals surface area contributed by atoms with E-state index in [1.54, 1.807) is 41.9 Å². The predicted octanol–water partition coefficient (Wildman–Crippen LogP) is 4.05. The minimum Gasteiger partial charge on any atom is -0.459 e. The van der Waals surface area contributed by atoms with Crippen molar-refractivity contribution in [3.05, 3.63) is 0 Å². The van der Waals surface area contributed by atoms with Gasteiger partial charge in [0.2, 0.25) is 5.91 Å². The number of hydrogen-bond donors (Lipinski definition) is 4. The van der Waals surface area contributed by atoms with Crippen molar-refractivity contribution in [3.8, 4) is 0 Å². The van der Waals surface area contributed by atoms with Crippen molar-refractivity contribution in [1.82, 2.24) is 15.5 Å². The van der Waals surface area contributed by atoms with E-state index in [1.165, 1.54) is 0 Å². The molecule has 0 saturated carbocycles. The molecular weight excluding hydrogens is 823 g/mol. The number of ether oxygens (including phenoxy) is 8. The smallest absolute Gasteiger partial charge is 0.311 e. The first-order valence-electron chi connectivity index (χ1n) is 22.7. The summed E-state index contributed by atoms with van der Waals surface area (Å²) in [6.07, 6.45) is -6.22. The van der Waals surface area contributed by atoms with E-state index in [4.69, 9.17) is 37.9 Å². The number of carbonyl (C=O) groups is 3. The molecule has 3 aliphatic heterocycles. The zero-order valence-electron chi connectivity index (χ0n) is 40.4. The second-order valence-corrected chi connectivity index (χ2v) is 20.3. The van der Waals surface area contributed by atoms with Crippen molar-refractivity contribution in [2.24, 2.45) is 17.8 Å². The molecule has 0 aromatic rings. The Morgan fingerprint density at radius 3 is 2.18 bits per heavy atom. The van der Waals surface area contributed by atoms with Crippen molar-refractivity contribution in [3.63, 3.8) is 0 Å². The monoisotopic (exact) mass is 906 g/mol. The Morgan fingerprint density at radius 2 is 1.58 bits per heavy atom. The van der Waals surface area contributed by atoms with Crippen LogP contribution in [0, 0.1) is 17.8 Å². The molecule has 3 heterocycles. The van der Waals surface area contributed by atoms with Gasteiger partial charge in [0.15, 0.2) is 18.7 Å². The van der Waals surface area contributed by atoms with Gasteiger partial charge in [-0.15, -0.1) is 0 Å². The first-order chi connectivity index (χ1) is 29.0. The molecule has 0 aromatic carbocycles. The molecule has 3 fully saturated rings. The molecule has 62 heavy (non-hydrogen) atoms. The molecule has 17 atom stereocenters. The van der Waals surface area contributed by atoms with Crippen molar-refractivity contribution >= 4 is 29.6 Å². The molecule has 362 valence electrons. The number of amides is 1. The second kappa shape index (κ2) is 24.2. The third kappa shape index (κ3) is 14.4. The number of methoxy groups -OCH3 is 2. The lowest BCUT2D eigenvalue weighted by Gasteiger charge is -2.49. The number of nitrogens with zero attached hydrogens (tertiary/aromatic N) is 1. The number of carbonyl (C=O) groups excluding carboxylic acids is 3. The number of rotatable bonds is 16. The van der Waals surface area contributed by atoms with Gasteiger partial charge in [0.25, 0.3) is 0 Å². The standard InChI is InChI=1S/C45H83N3O13S/c1-16-33-43(9,53)24-27(4)47-40(51)26(3)23-44(10,54-14)38(61-42-36(50)32(48(12)13)22-28(5)56-42)29(6)37(30(7)41(52)58-33)60-35-25-45(11,55-15)39(31(8)57-35)59-34(49)18-19-46-20-21-62-17-2/h26-33,35-39,42,46,50,53H,16-25H2,1-15H3,(H,47,51)/t26-,27-,28-,29+,30-,31+,32+,33-,35+,36-,37+,38-,39+,42+,43+,44-,45-/m1/s1. The normalized spacial score (nSPS) is 41.8. The van der Waals surface area contributed by atoms with E-state index in [2.05, 4.69) is 17.6 Å². The fourth-order valence-electron chi connectivity index (χ4n) is 9.51. The molecule has 0 aliphatic carbocycles. The Kier molecular flexibility index (Phi) is 21.4. The van der Waals surface area contributed by atoms with Gasteiger partial charge in [0.05, 0.1) is 42.4 Å². The summed E-state index contributed by atoms with van der Waals surface area (Å²) in [5, 5.41) is 29.8. The zero-order valence-corrected chi connectivity index (χ0v) is 41.2. The highest BCUT2D eigenvalue weighted by Crippen LogP contribution is 2.41. The highest BCUT2D eigenvalue weighted by Gasteiger charge is 2.53. The fourth-order valence-corrected chi connectivity index (χ4v) is 10.1. The second-order valence-electron chi connectivity index (χ2n) is 18.9. The summed E-state index contributed by atoms with van der Waals surface area (Å²) in [5.41, 5.74) is -3.75. The van der Waals surface area contributed by atoms with Crippen LogP contribution in [0.2, 0.25) is 0 Å². The van der Waals surface area contributed by atoms with E-state index >= 15 is 0 Å². The first-order valence-corrected chi connectivity index (χ1v) is 23.9. The van der Waals surface area contributed by atoms with E-state index in [0.717, 1.165) is 18.1 Å². The van der Waals surface area contributed by atoms with Gasteiger partial charge in [-0.1, -0.05) is 27.7 Å². The summed E-state index contributed by atoms with van der Waals surface area (Å²) in [5.74, 6) is -1.56. The topological polar surface area (TPSA) is 193 Å². The third-order valence-electron chi connectivity index (χ3n) is 13.2. The Morgan fingerprint density at radius 1 is 0.935 bits per heavy atom. The van der Waals surface area contributed by atoms with Crippen LogP contribution in [0.5, 0.6) is 0 Å². The number of aliphatic hydroxyl groups is 2. The molecule has 1 amide bonds. The summed E-state index contributed by atoms with van der Waals surface area (Å²) < 4.78 is 51.3. The SMILES string of the molecule is CCSCCNCCC(=O)O[C@H]1[C@H](C)O[C@@H](O[C@H]2[C@H](C)[C@@H](O[C@@H]3O[C@H](C)C[C@H](N(C)C)[C@H]3O)[C@](C)(OC)C[C@@H](C)C(=O)N[C@H](C)C[C@](C)(O)[C@@H](CC)OC(=O)[C@@H]2C)C[C@@]1(C)OC. The molecule has 0 aromatic heterocycles. The summed E-state index contributed by atoms with van der Waals surface area (Å²) in [6.45, 7) is 21.4. The van der Waals surface area contributed by atoms with Gasteiger partial charge < -0.3 is 63.6 Å². The minimum atomic E-state index is -1.48. The summed E-state index contributed by atoms with van der Waals surface area (Å²) >= 11 is 1.83. The summed E-state index contributed by atoms with van der Waals surface area (Å²) in [7, 11) is 6.88. The van der Waals surface area contributed by atoms with E-state index < -0.39 is 95.8 Å². The molecule has 16 nitrogen and oxygen atoms in total. The lowest BCUT2D eigenvalue weighted by molar-refractivity contribution is -0.320. The van der Waals surface area contributed by atoms with Crippen molar-refractivity contribution in [2.75, 3.05) is 52.9 Å². The van der Waals surface area contributed by atoms with Gasteiger partial charge in [0.1, 0.15) is 23.4 Å². The average Bonchev–Trinajstić information content (AvgIpc) is 3.20. The zero-order chi connectivity index (χ0) is 46.7. The molecule has 3 aliphatic rings. The molecule has 17 heteroatoms. The Bertz CT molecular complexity index is 1410. The Labute approximate surface area is 376 Å². The highest BCUT2D eigenvalue weighted by atomic mass is 32.2. The van der Waals surface area contributed by atoms with Crippen LogP contribution in [0.15, 0.2) is 0 Å². The lowest BCUT2D eigenvalue weighted by Crippen LogP contribution is -2.61. The van der Waals surface area contributed by atoms with Crippen LogP contribution >= 0.6 is 11.8 Å². The van der Waals surface area contributed by atoms with Gasteiger partial charge in [-0.05, 0) is 94.0 Å². The van der Waals surface area contributed by atoms with Crippen LogP contribution in [0.4, 0.5) is 0 Å². The van der Waals surface area contributed by atoms with E-state index in [-0.39, 0.29) is 49.7 Å². The maximum atomic E-state index is 14.5. The quantitative estimate of drug-likeness (QED) is 0.128. The van der Waals surface area contributed by atoms with E-state index in [9.17, 15) is 24.6 Å². The molecule has 3 rings (SSSR count). The molecule has 0 spiro atoms. The lowest BCUT2D eigenvalue weighted by atomic mass is 9.77. The maximum absolute atomic E-state index is 14.5. The fraction of sp³-hybridized carbons (Fsp3) is 0.933. The Balaban J connectivity index is 2.10. The van der Waals surface area contributed by atoms with Gasteiger partial charge in [-0.3, -0.25) is 14.4 Å². The maximum Gasteiger partial charge on any atom is 0.311 e. The van der Waals surface area contributed by atoms with Crippen molar-refractivity contribution in [2.45, 2.75) is 199 Å². The van der Waals surface area contributed by atoms with Crippen LogP contribution in [0.25, 0.3) is 0 Å². The summed E-state index contributed by atoms with van der Waals surface area (Å²) in [4.78, 5) is 43.3. The molecule has 0 radical (unpaired) electrons. The number of thioether (sulfide) groups is 1. The summed E-state index contributed by atoms with van der Waals surface area (Å²) in [6, 6.07) is -0.746. The molecular formula is C45H83N3O13S. The van der Waals surface area contributed by atoms with Gasteiger partial charge >= 0.3 is 11.9 Å². The Hall–Kier alpha value is -1.64. The molecule has 0 bridgehead atoms. The van der Waals surface area contributed by atoms with Crippen molar-refractivity contribution < 1.29 is 62.5 Å². The molecule has 4 N–H and O–H groups in total. The van der Waals surface area contributed by atoms with Gasteiger partial charge in [0, 0.05) is 63.4 Å². The van der Waals surface area contributed by atoms with Gasteiger partial charge in [-0.25, -0.2) is 0 Å². The number of esters is 2. The number of aliphatic hydroxyl groups excluding tert-OH is 1. The van der Waals surface area contributed by atoms with E-state index in [1.807, 2.05) is 72.3 Å². The minimum absolute atomic E-state index is 0.126. The van der Waals surface area contributed by atoms with Crippen LogP contribution in [0.1, 0.15) is 115 Å². The first kappa shape index (κ1) is 54.7. The molecule has 0 unspecified atom stereocenters. The molecule has 3 saturated heterocycles. The van der Waals surface area contributed by atoms with Gasteiger partial charge in [-0.2, -0.15) is 11.8 Å². The van der Waals surface area contributed by atoms with Crippen LogP contribution in [0.3, 0.4) is 0 Å².